The standard InChI is InChI=1S/C26H42N4O6S/c1-8-16-15-26(16,23(34)29-37(35,36)17-11-12-17)28-21(32)19-10-9-13-30(19)22(33)18(24(2,3)4)14-20(31)27-25(5,6)7/h8,16-19H,1,9-15H2,2-7H3,(H,27,31)(H,28,32)(H,29,34)/t16-,18-,19?,26-/m1/s1. The van der Waals surface area contributed by atoms with Crippen LogP contribution in [0.5, 0.6) is 0 Å². The molecule has 3 fully saturated rings. The van der Waals surface area contributed by atoms with Crippen molar-refractivity contribution in [3.63, 3.8) is 0 Å². The molecule has 0 aromatic carbocycles. The van der Waals surface area contributed by atoms with Crippen molar-refractivity contribution in [3.8, 4) is 0 Å². The molecule has 2 aliphatic carbocycles. The Kier molecular flexibility index (Phi) is 7.90. The zero-order valence-corrected chi connectivity index (χ0v) is 23.7. The SMILES string of the molecule is C=C[C@@H]1C[C@]1(NC(=O)C1CCCN1C(=O)[C@@H](CC(=O)NC(C)(C)C)C(C)(C)C)C(=O)NS(=O)(=O)C1CC1. The van der Waals surface area contributed by atoms with Crippen LogP contribution in [0.15, 0.2) is 12.7 Å². The Balaban J connectivity index is 1.75. The van der Waals surface area contributed by atoms with Crippen molar-refractivity contribution < 1.29 is 27.6 Å². The number of carbonyl (C=O) groups excluding carboxylic acids is 4. The van der Waals surface area contributed by atoms with E-state index in [1.54, 1.807) is 0 Å². The van der Waals surface area contributed by atoms with E-state index in [1.807, 2.05) is 41.5 Å². The number of nitrogens with zero attached hydrogens (tertiary/aromatic N) is 1. The summed E-state index contributed by atoms with van der Waals surface area (Å²) >= 11 is 0. The summed E-state index contributed by atoms with van der Waals surface area (Å²) in [6.45, 7) is 15.4. The van der Waals surface area contributed by atoms with Crippen molar-refractivity contribution in [2.45, 2.75) is 102 Å². The summed E-state index contributed by atoms with van der Waals surface area (Å²) in [6, 6.07) is -0.807. The van der Waals surface area contributed by atoms with E-state index in [4.69, 9.17) is 0 Å². The molecule has 0 aromatic rings. The lowest BCUT2D eigenvalue weighted by Gasteiger charge is -2.35. The first-order valence-electron chi connectivity index (χ1n) is 13.0. The lowest BCUT2D eigenvalue weighted by molar-refractivity contribution is -0.147. The molecule has 10 nitrogen and oxygen atoms in total. The number of nitrogens with one attached hydrogen (secondary N) is 3. The molecule has 2 saturated carbocycles. The molecule has 4 atom stereocenters. The normalized spacial score (nSPS) is 26.7. The van der Waals surface area contributed by atoms with E-state index >= 15 is 0 Å². The first kappa shape index (κ1) is 29.1. The number of rotatable bonds is 9. The molecule has 1 aliphatic heterocycles. The Hall–Kier alpha value is -2.43. The highest BCUT2D eigenvalue weighted by molar-refractivity contribution is 7.91. The van der Waals surface area contributed by atoms with Crippen molar-refractivity contribution in [3.05, 3.63) is 12.7 Å². The maximum absolute atomic E-state index is 13.7. The van der Waals surface area contributed by atoms with Gasteiger partial charge in [-0.1, -0.05) is 26.8 Å². The van der Waals surface area contributed by atoms with Crippen LogP contribution < -0.4 is 15.4 Å². The molecule has 0 spiro atoms. The van der Waals surface area contributed by atoms with Gasteiger partial charge in [0.1, 0.15) is 11.6 Å². The minimum absolute atomic E-state index is 0.00560. The second-order valence-electron chi connectivity index (χ2n) is 12.8. The fraction of sp³-hybridized carbons (Fsp3) is 0.769. The Bertz CT molecular complexity index is 1070. The molecule has 11 heteroatoms. The van der Waals surface area contributed by atoms with Gasteiger partial charge in [-0.15, -0.1) is 6.58 Å². The van der Waals surface area contributed by atoms with Crippen LogP contribution in [0.1, 0.15) is 80.1 Å². The molecular formula is C26H42N4O6S. The summed E-state index contributed by atoms with van der Waals surface area (Å²) in [6.07, 6.45) is 3.81. The van der Waals surface area contributed by atoms with Gasteiger partial charge in [0.25, 0.3) is 5.91 Å². The fourth-order valence-corrected chi connectivity index (χ4v) is 6.30. The van der Waals surface area contributed by atoms with Crippen LogP contribution in [-0.2, 0) is 29.2 Å². The van der Waals surface area contributed by atoms with Gasteiger partial charge >= 0.3 is 0 Å². The highest BCUT2D eigenvalue weighted by Gasteiger charge is 2.61. The number of likely N-dealkylation sites (tertiary alicyclic amines) is 1. The number of hydrogen-bond acceptors (Lipinski definition) is 6. The van der Waals surface area contributed by atoms with Gasteiger partial charge in [0.05, 0.1) is 11.2 Å². The maximum Gasteiger partial charge on any atom is 0.259 e. The van der Waals surface area contributed by atoms with Gasteiger partial charge in [-0.3, -0.25) is 23.9 Å². The molecule has 1 saturated heterocycles. The summed E-state index contributed by atoms with van der Waals surface area (Å²) < 4.78 is 26.8. The molecule has 3 aliphatic rings. The number of amides is 4. The predicted octanol–water partition coefficient (Wildman–Crippen LogP) is 1.61. The Morgan fingerprint density at radius 1 is 1.08 bits per heavy atom. The monoisotopic (exact) mass is 538 g/mol. The highest BCUT2D eigenvalue weighted by Crippen LogP contribution is 2.45. The average molecular weight is 539 g/mol. The number of carbonyl (C=O) groups is 4. The molecule has 1 unspecified atom stereocenters. The number of hydrogen-bond donors (Lipinski definition) is 3. The third-order valence-electron chi connectivity index (χ3n) is 7.33. The van der Waals surface area contributed by atoms with Crippen LogP contribution >= 0.6 is 0 Å². The molecule has 208 valence electrons. The smallest absolute Gasteiger partial charge is 0.259 e. The molecule has 0 aromatic heterocycles. The van der Waals surface area contributed by atoms with Gasteiger partial charge in [-0.2, -0.15) is 0 Å². The van der Waals surface area contributed by atoms with Crippen molar-refractivity contribution in [1.82, 2.24) is 20.3 Å². The number of sulfonamides is 1. The summed E-state index contributed by atoms with van der Waals surface area (Å²) in [5.41, 5.74) is -2.36. The first-order valence-corrected chi connectivity index (χ1v) is 14.6. The van der Waals surface area contributed by atoms with Gasteiger partial charge in [0, 0.05) is 24.4 Å². The van der Waals surface area contributed by atoms with Crippen LogP contribution in [-0.4, -0.2) is 65.9 Å². The van der Waals surface area contributed by atoms with E-state index in [0.29, 0.717) is 32.2 Å². The van der Waals surface area contributed by atoms with Gasteiger partial charge in [-0.25, -0.2) is 8.42 Å². The van der Waals surface area contributed by atoms with Crippen LogP contribution in [0.2, 0.25) is 0 Å². The van der Waals surface area contributed by atoms with Crippen LogP contribution in [0.4, 0.5) is 0 Å². The van der Waals surface area contributed by atoms with Gasteiger partial charge in [0.15, 0.2) is 0 Å². The van der Waals surface area contributed by atoms with E-state index in [-0.39, 0.29) is 24.7 Å². The minimum Gasteiger partial charge on any atom is -0.351 e. The Labute approximate surface area is 220 Å². The first-order chi connectivity index (χ1) is 16.9. The zero-order valence-electron chi connectivity index (χ0n) is 22.8. The third kappa shape index (κ3) is 6.72. The fourth-order valence-electron chi connectivity index (χ4n) is 4.94. The van der Waals surface area contributed by atoms with Crippen LogP contribution in [0.3, 0.4) is 0 Å². The molecule has 3 N–H and O–H groups in total. The highest BCUT2D eigenvalue weighted by atomic mass is 32.2. The van der Waals surface area contributed by atoms with E-state index in [2.05, 4.69) is 21.9 Å². The summed E-state index contributed by atoms with van der Waals surface area (Å²) in [4.78, 5) is 54.3. The topological polar surface area (TPSA) is 142 Å². The van der Waals surface area contributed by atoms with Crippen LogP contribution in [0, 0.1) is 17.3 Å². The van der Waals surface area contributed by atoms with Crippen LogP contribution in [0.25, 0.3) is 0 Å². The summed E-state index contributed by atoms with van der Waals surface area (Å²) in [5.74, 6) is -2.83. The minimum atomic E-state index is -3.78. The molecule has 0 bridgehead atoms. The van der Waals surface area contributed by atoms with Gasteiger partial charge in [0.2, 0.25) is 27.7 Å². The molecular weight excluding hydrogens is 496 g/mol. The van der Waals surface area contributed by atoms with E-state index < -0.39 is 61.5 Å². The lowest BCUT2D eigenvalue weighted by atomic mass is 9.77. The van der Waals surface area contributed by atoms with Crippen molar-refractivity contribution in [2.24, 2.45) is 17.3 Å². The molecule has 3 rings (SSSR count). The van der Waals surface area contributed by atoms with E-state index in [9.17, 15) is 27.6 Å². The second-order valence-corrected chi connectivity index (χ2v) is 14.8. The molecule has 1 heterocycles. The van der Waals surface area contributed by atoms with Crippen molar-refractivity contribution in [1.29, 1.82) is 0 Å². The summed E-state index contributed by atoms with van der Waals surface area (Å²) in [5, 5.41) is 5.10. The Morgan fingerprint density at radius 3 is 2.19 bits per heavy atom. The zero-order chi connectivity index (χ0) is 28.0. The molecule has 37 heavy (non-hydrogen) atoms. The van der Waals surface area contributed by atoms with E-state index in [0.717, 1.165) is 0 Å². The molecule has 0 radical (unpaired) electrons. The third-order valence-corrected chi connectivity index (χ3v) is 9.15. The van der Waals surface area contributed by atoms with Crippen molar-refractivity contribution >= 4 is 33.7 Å². The van der Waals surface area contributed by atoms with Gasteiger partial charge < -0.3 is 15.5 Å². The maximum atomic E-state index is 13.7. The van der Waals surface area contributed by atoms with Crippen molar-refractivity contribution in [2.75, 3.05) is 6.54 Å². The molecule has 4 amide bonds. The Morgan fingerprint density at radius 2 is 1.70 bits per heavy atom. The van der Waals surface area contributed by atoms with E-state index in [1.165, 1.54) is 11.0 Å². The summed E-state index contributed by atoms with van der Waals surface area (Å²) in [7, 11) is -3.78. The predicted molar refractivity (Wildman–Crippen MR) is 139 cm³/mol. The average Bonchev–Trinajstić information content (AvgIpc) is 3.66. The quantitative estimate of drug-likeness (QED) is 0.381. The second kappa shape index (κ2) is 10.0. The lowest BCUT2D eigenvalue weighted by Crippen LogP contribution is -2.57. The van der Waals surface area contributed by atoms with Gasteiger partial charge in [-0.05, 0) is 58.3 Å². The largest absolute Gasteiger partial charge is 0.351 e.